The van der Waals surface area contributed by atoms with Crippen LogP contribution in [0.15, 0.2) is 36.4 Å². The zero-order valence-electron chi connectivity index (χ0n) is 14.1. The average molecular weight is 408 g/mol. The highest BCUT2D eigenvalue weighted by Crippen LogP contribution is 2.52. The molecule has 2 amide bonds. The summed E-state index contributed by atoms with van der Waals surface area (Å²) in [4.78, 5) is 23.8. The van der Waals surface area contributed by atoms with Crippen LogP contribution in [0.3, 0.4) is 0 Å². The maximum Gasteiger partial charge on any atom is 0.250 e. The second kappa shape index (κ2) is 6.78. The van der Waals surface area contributed by atoms with Gasteiger partial charge in [0.15, 0.2) is 0 Å². The van der Waals surface area contributed by atoms with Gasteiger partial charge in [0, 0.05) is 34.8 Å². The first-order chi connectivity index (χ1) is 13.0. The molecule has 3 atom stereocenters. The van der Waals surface area contributed by atoms with E-state index in [-0.39, 0.29) is 17.0 Å². The third-order valence-corrected chi connectivity index (χ3v) is 5.82. The Morgan fingerprint density at radius 1 is 1.30 bits per heavy atom. The van der Waals surface area contributed by atoms with Crippen LogP contribution < -0.4 is 16.0 Å². The van der Waals surface area contributed by atoms with Gasteiger partial charge in [-0.3, -0.25) is 14.9 Å². The lowest BCUT2D eigenvalue weighted by Crippen LogP contribution is -2.50. The zero-order chi connectivity index (χ0) is 19.2. The van der Waals surface area contributed by atoms with E-state index in [2.05, 4.69) is 16.0 Å². The van der Waals surface area contributed by atoms with E-state index in [0.29, 0.717) is 41.2 Å². The van der Waals surface area contributed by atoms with Crippen LogP contribution >= 0.6 is 23.2 Å². The lowest BCUT2D eigenvalue weighted by Gasteiger charge is -2.30. The molecule has 27 heavy (non-hydrogen) atoms. The van der Waals surface area contributed by atoms with Gasteiger partial charge in [-0.25, -0.2) is 4.39 Å². The second-order valence-corrected chi connectivity index (χ2v) is 7.59. The fraction of sp³-hybridized carbons (Fsp3) is 0.263. The minimum atomic E-state index is -1.17. The molecule has 0 bridgehead atoms. The Morgan fingerprint density at radius 2 is 2.11 bits per heavy atom. The molecule has 0 unspecified atom stereocenters. The van der Waals surface area contributed by atoms with Gasteiger partial charge in [-0.15, -0.1) is 0 Å². The fourth-order valence-electron chi connectivity index (χ4n) is 4.21. The van der Waals surface area contributed by atoms with Crippen molar-refractivity contribution in [3.8, 4) is 0 Å². The van der Waals surface area contributed by atoms with Crippen LogP contribution in [0, 0.1) is 5.82 Å². The molecule has 0 radical (unpaired) electrons. The predicted molar refractivity (Wildman–Crippen MR) is 102 cm³/mol. The molecule has 0 aliphatic carbocycles. The van der Waals surface area contributed by atoms with Gasteiger partial charge in [-0.2, -0.15) is 0 Å². The number of halogens is 3. The predicted octanol–water partition coefficient (Wildman–Crippen LogP) is 3.17. The minimum absolute atomic E-state index is 0.00634. The number of carbonyl (C=O) groups is 2. The van der Waals surface area contributed by atoms with E-state index in [4.69, 9.17) is 23.2 Å². The first kappa shape index (κ1) is 18.2. The van der Waals surface area contributed by atoms with Crippen molar-refractivity contribution in [3.05, 3.63) is 63.4 Å². The molecule has 8 heteroatoms. The van der Waals surface area contributed by atoms with E-state index in [0.717, 1.165) is 0 Å². The van der Waals surface area contributed by atoms with Crippen molar-refractivity contribution in [1.29, 1.82) is 0 Å². The molecule has 140 valence electrons. The molecule has 0 saturated carbocycles. The molecule has 4 rings (SSSR count). The highest BCUT2D eigenvalue weighted by atomic mass is 35.5. The molecule has 1 spiro atoms. The topological polar surface area (TPSA) is 70.2 Å². The Hall–Kier alpha value is -2.15. The maximum atomic E-state index is 14.9. The standard InChI is InChI=1S/C19H16Cl2FN3O2/c20-10-4-5-13-16(6-10)24-18(27)19(13)14(7-11(25-19)8-23-9-26)12-2-1-3-15(21)17(12)22/h1-6,9,11,14,25H,7-8H2,(H,23,26)(H,24,27)/t11-,14-,19-/m1/s1. The highest BCUT2D eigenvalue weighted by Gasteiger charge is 2.58. The Kier molecular flexibility index (Phi) is 4.58. The van der Waals surface area contributed by atoms with E-state index >= 15 is 0 Å². The number of carbonyl (C=O) groups excluding carboxylic acids is 2. The smallest absolute Gasteiger partial charge is 0.250 e. The molecule has 3 N–H and O–H groups in total. The number of nitrogens with one attached hydrogen (secondary N) is 3. The third kappa shape index (κ3) is 2.79. The second-order valence-electron chi connectivity index (χ2n) is 6.75. The van der Waals surface area contributed by atoms with E-state index < -0.39 is 17.3 Å². The van der Waals surface area contributed by atoms with Gasteiger partial charge in [-0.1, -0.05) is 41.4 Å². The molecule has 1 fully saturated rings. The van der Waals surface area contributed by atoms with Crippen molar-refractivity contribution in [2.75, 3.05) is 11.9 Å². The Balaban J connectivity index is 1.87. The highest BCUT2D eigenvalue weighted by molar-refractivity contribution is 6.31. The molecular formula is C19H16Cl2FN3O2. The van der Waals surface area contributed by atoms with Gasteiger partial charge in [-0.05, 0) is 30.2 Å². The van der Waals surface area contributed by atoms with E-state index in [1.165, 1.54) is 6.07 Å². The van der Waals surface area contributed by atoms with Crippen LogP contribution in [-0.2, 0) is 15.1 Å². The SMILES string of the molecule is O=CNC[C@H]1C[C@H](c2cccc(Cl)c2F)[C@@]2(N1)C(=O)Nc1cc(Cl)ccc12. The molecule has 2 aromatic rings. The summed E-state index contributed by atoms with van der Waals surface area (Å²) in [5.41, 5.74) is 0.494. The summed E-state index contributed by atoms with van der Waals surface area (Å²) in [7, 11) is 0. The van der Waals surface area contributed by atoms with Crippen molar-refractivity contribution < 1.29 is 14.0 Å². The lowest BCUT2D eigenvalue weighted by molar-refractivity contribution is -0.122. The van der Waals surface area contributed by atoms with Crippen LogP contribution in [0.25, 0.3) is 0 Å². The van der Waals surface area contributed by atoms with E-state index in [9.17, 15) is 14.0 Å². The van der Waals surface area contributed by atoms with Gasteiger partial charge in [0.05, 0.1) is 5.02 Å². The molecule has 2 aromatic carbocycles. The van der Waals surface area contributed by atoms with Crippen molar-refractivity contribution in [3.63, 3.8) is 0 Å². The van der Waals surface area contributed by atoms with Gasteiger partial charge < -0.3 is 10.6 Å². The summed E-state index contributed by atoms with van der Waals surface area (Å²) < 4.78 is 14.9. The molecule has 1 saturated heterocycles. The van der Waals surface area contributed by atoms with Crippen LogP contribution in [0.2, 0.25) is 10.0 Å². The molecule has 5 nitrogen and oxygen atoms in total. The summed E-state index contributed by atoms with van der Waals surface area (Å²) in [6.45, 7) is 0.320. The third-order valence-electron chi connectivity index (χ3n) is 5.29. The molecule has 2 aliphatic rings. The van der Waals surface area contributed by atoms with Crippen molar-refractivity contribution >= 4 is 41.2 Å². The first-order valence-electron chi connectivity index (χ1n) is 8.47. The number of benzene rings is 2. The number of hydrogen-bond donors (Lipinski definition) is 3. The summed E-state index contributed by atoms with van der Waals surface area (Å²) in [6, 6.07) is 9.72. The monoisotopic (exact) mass is 407 g/mol. The molecular weight excluding hydrogens is 392 g/mol. The van der Waals surface area contributed by atoms with Gasteiger partial charge in [0.2, 0.25) is 12.3 Å². The number of rotatable bonds is 4. The Morgan fingerprint density at radius 3 is 2.89 bits per heavy atom. The molecule has 0 aromatic heterocycles. The van der Waals surface area contributed by atoms with Crippen molar-refractivity contribution in [1.82, 2.24) is 10.6 Å². The largest absolute Gasteiger partial charge is 0.357 e. The first-order valence-corrected chi connectivity index (χ1v) is 9.23. The van der Waals surface area contributed by atoms with Gasteiger partial charge >= 0.3 is 0 Å². The Bertz CT molecular complexity index is 939. The van der Waals surface area contributed by atoms with Gasteiger partial charge in [0.1, 0.15) is 11.4 Å². The van der Waals surface area contributed by atoms with Crippen molar-refractivity contribution in [2.45, 2.75) is 23.9 Å². The lowest BCUT2D eigenvalue weighted by atomic mass is 9.76. The molecule has 2 aliphatic heterocycles. The van der Waals surface area contributed by atoms with Crippen LogP contribution in [0.5, 0.6) is 0 Å². The summed E-state index contributed by atoms with van der Waals surface area (Å²) in [5.74, 6) is -1.32. The van der Waals surface area contributed by atoms with Crippen LogP contribution in [0.4, 0.5) is 10.1 Å². The quantitative estimate of drug-likeness (QED) is 0.681. The Labute approximate surface area is 165 Å². The number of fused-ring (bicyclic) bond motifs is 2. The maximum absolute atomic E-state index is 14.9. The number of amides is 2. The fourth-order valence-corrected chi connectivity index (χ4v) is 4.57. The normalized spacial score (nSPS) is 26.1. The van der Waals surface area contributed by atoms with Crippen molar-refractivity contribution in [2.24, 2.45) is 0 Å². The van der Waals surface area contributed by atoms with Gasteiger partial charge in [0.25, 0.3) is 0 Å². The average Bonchev–Trinajstić information content (AvgIpc) is 3.14. The summed E-state index contributed by atoms with van der Waals surface area (Å²) in [6.07, 6.45) is 1.05. The minimum Gasteiger partial charge on any atom is -0.357 e. The number of anilines is 1. The van der Waals surface area contributed by atoms with E-state index in [1.807, 2.05) is 0 Å². The summed E-state index contributed by atoms with van der Waals surface area (Å²) >= 11 is 12.1. The van der Waals surface area contributed by atoms with E-state index in [1.54, 1.807) is 30.3 Å². The number of hydrogen-bond acceptors (Lipinski definition) is 3. The molecule has 2 heterocycles. The van der Waals surface area contributed by atoms with Crippen LogP contribution in [-0.4, -0.2) is 24.9 Å². The zero-order valence-corrected chi connectivity index (χ0v) is 15.6. The van der Waals surface area contributed by atoms with Crippen LogP contribution in [0.1, 0.15) is 23.5 Å². The summed E-state index contributed by atoms with van der Waals surface area (Å²) in [5, 5.41) is 9.31.